The zero-order chi connectivity index (χ0) is 18.9. The lowest BCUT2D eigenvalue weighted by atomic mass is 9.85. The van der Waals surface area contributed by atoms with E-state index in [1.54, 1.807) is 0 Å². The number of fused-ring (bicyclic) bond motifs is 1. The minimum atomic E-state index is -0.156. The van der Waals surface area contributed by atoms with E-state index in [4.69, 9.17) is 15.6 Å². The van der Waals surface area contributed by atoms with Crippen molar-refractivity contribution in [2.75, 3.05) is 13.2 Å². The molecule has 1 atom stereocenters. The Kier molecular flexibility index (Phi) is 4.91. The number of nitrogens with two attached hydrogens (primary N) is 1. The van der Waals surface area contributed by atoms with Gasteiger partial charge in [-0.2, -0.15) is 4.59 Å². The van der Waals surface area contributed by atoms with Crippen LogP contribution in [-0.2, 0) is 17.8 Å². The van der Waals surface area contributed by atoms with Crippen LogP contribution in [0.1, 0.15) is 43.7 Å². The number of carbonyl (C=O) groups is 1. The maximum Gasteiger partial charge on any atom is 0.220 e. The molecule has 0 saturated heterocycles. The Morgan fingerprint density at radius 3 is 2.89 bits per heavy atom. The number of hydrogen-bond acceptors (Lipinski definition) is 4. The van der Waals surface area contributed by atoms with Crippen molar-refractivity contribution in [1.82, 2.24) is 5.32 Å². The smallest absolute Gasteiger partial charge is 0.220 e. The van der Waals surface area contributed by atoms with Gasteiger partial charge in [-0.05, 0) is 56.4 Å². The van der Waals surface area contributed by atoms with E-state index in [0.717, 1.165) is 63.2 Å². The largest absolute Gasteiger partial charge is 0.493 e. The van der Waals surface area contributed by atoms with Crippen LogP contribution < -0.4 is 15.8 Å². The Balaban J connectivity index is 1.40. The summed E-state index contributed by atoms with van der Waals surface area (Å²) in [5.74, 6) is 0.913. The number of benzene rings is 1. The van der Waals surface area contributed by atoms with Crippen LogP contribution >= 0.6 is 0 Å². The molecule has 0 radical (unpaired) electrons. The van der Waals surface area contributed by atoms with Crippen molar-refractivity contribution in [2.45, 2.75) is 51.6 Å². The summed E-state index contributed by atoms with van der Waals surface area (Å²) in [4.78, 5) is 11.3. The average molecular weight is 369 g/mol. The van der Waals surface area contributed by atoms with Crippen LogP contribution in [0.5, 0.6) is 5.75 Å². The van der Waals surface area contributed by atoms with Crippen molar-refractivity contribution < 1.29 is 14.1 Å². The van der Waals surface area contributed by atoms with Gasteiger partial charge < -0.3 is 15.8 Å². The maximum absolute atomic E-state index is 11.3. The van der Waals surface area contributed by atoms with Crippen LogP contribution in [0.25, 0.3) is 0 Å². The Morgan fingerprint density at radius 2 is 2.15 bits per heavy atom. The Labute approximate surface area is 160 Å². The van der Waals surface area contributed by atoms with Gasteiger partial charge in [0.2, 0.25) is 5.91 Å². The summed E-state index contributed by atoms with van der Waals surface area (Å²) in [6.45, 7) is 4.71. The molecule has 1 aromatic carbocycles. The Morgan fingerprint density at radius 1 is 1.33 bits per heavy atom. The highest BCUT2D eigenvalue weighted by Crippen LogP contribution is 2.30. The number of allylic oxidation sites excluding steroid dienone is 1. The normalized spacial score (nSPS) is 29.1. The molecule has 27 heavy (non-hydrogen) atoms. The molecule has 1 fully saturated rings. The molecule has 1 amide bonds. The fraction of sp³-hybridized carbons (Fsp3) is 0.524. The first-order valence-corrected chi connectivity index (χ1v) is 10.0. The van der Waals surface area contributed by atoms with Gasteiger partial charge in [0.1, 0.15) is 37.0 Å². The lowest BCUT2D eigenvalue weighted by molar-refractivity contribution is -0.895. The van der Waals surface area contributed by atoms with Crippen LogP contribution in [0.2, 0.25) is 0 Å². The molecule has 3 N–H and O–H groups in total. The molecular formula is C21H29N4O2+. The number of nitrogens with zero attached hydrogens (tertiary/aromatic N) is 2. The second-order valence-electron chi connectivity index (χ2n) is 7.93. The molecule has 4 rings (SSSR count). The molecule has 2 heterocycles. The first kappa shape index (κ1) is 18.0. The minimum absolute atomic E-state index is 0.0450. The summed E-state index contributed by atoms with van der Waals surface area (Å²) < 4.78 is 6.20. The van der Waals surface area contributed by atoms with Gasteiger partial charge in [-0.1, -0.05) is 5.10 Å². The topological polar surface area (TPSA) is 76.7 Å². The van der Waals surface area contributed by atoms with Crippen molar-refractivity contribution in [3.05, 3.63) is 41.2 Å². The van der Waals surface area contributed by atoms with Gasteiger partial charge in [-0.3, -0.25) is 4.79 Å². The van der Waals surface area contributed by atoms with E-state index < -0.39 is 0 Å². The molecule has 0 spiro atoms. The zero-order valence-electron chi connectivity index (χ0n) is 16.0. The number of primary amides is 1. The molecular weight excluding hydrogens is 340 g/mol. The number of hydrogen-bond donors (Lipinski definition) is 2. The van der Waals surface area contributed by atoms with E-state index in [9.17, 15) is 4.79 Å². The first-order valence-electron chi connectivity index (χ1n) is 10.0. The Hall–Kier alpha value is -2.34. The fourth-order valence-corrected chi connectivity index (χ4v) is 4.36. The highest BCUT2D eigenvalue weighted by atomic mass is 16.5. The van der Waals surface area contributed by atoms with E-state index >= 15 is 0 Å². The van der Waals surface area contributed by atoms with Crippen LogP contribution in [0.4, 0.5) is 0 Å². The van der Waals surface area contributed by atoms with Crippen LogP contribution in [0.15, 0.2) is 35.2 Å². The summed E-state index contributed by atoms with van der Waals surface area (Å²) in [6, 6.07) is 6.90. The van der Waals surface area contributed by atoms with Crippen molar-refractivity contribution in [1.29, 1.82) is 0 Å². The monoisotopic (exact) mass is 369 g/mol. The van der Waals surface area contributed by atoms with Gasteiger partial charge in [-0.25, -0.2) is 0 Å². The second kappa shape index (κ2) is 7.35. The molecule has 0 bridgehead atoms. The third-order valence-electron chi connectivity index (χ3n) is 6.06. The van der Waals surface area contributed by atoms with Crippen molar-refractivity contribution in [2.24, 2.45) is 16.8 Å². The van der Waals surface area contributed by atoms with Gasteiger partial charge in [-0.15, -0.1) is 0 Å². The van der Waals surface area contributed by atoms with Gasteiger partial charge in [0.05, 0.1) is 6.61 Å². The predicted molar refractivity (Wildman–Crippen MR) is 105 cm³/mol. The molecule has 1 aromatic rings. The molecule has 144 valence electrons. The van der Waals surface area contributed by atoms with Crippen molar-refractivity contribution in [3.63, 3.8) is 0 Å². The van der Waals surface area contributed by atoms with E-state index in [0.29, 0.717) is 10.6 Å². The molecule has 3 aliphatic rings. The predicted octanol–water partition coefficient (Wildman–Crippen LogP) is 2.43. The van der Waals surface area contributed by atoms with Gasteiger partial charge >= 0.3 is 0 Å². The van der Waals surface area contributed by atoms with Crippen molar-refractivity contribution in [3.8, 4) is 5.75 Å². The van der Waals surface area contributed by atoms with Crippen LogP contribution in [0, 0.1) is 5.92 Å². The third kappa shape index (κ3) is 3.86. The number of rotatable bonds is 6. The highest BCUT2D eigenvalue weighted by molar-refractivity contribution is 5.78. The number of ether oxygens (including phenoxy) is 1. The lowest BCUT2D eigenvalue weighted by Gasteiger charge is -2.28. The highest BCUT2D eigenvalue weighted by Gasteiger charge is 2.31. The van der Waals surface area contributed by atoms with E-state index in [2.05, 4.69) is 36.6 Å². The molecule has 1 saturated carbocycles. The quantitative estimate of drug-likeness (QED) is 0.756. The zero-order valence-corrected chi connectivity index (χ0v) is 16.0. The van der Waals surface area contributed by atoms with E-state index in [-0.39, 0.29) is 11.8 Å². The van der Waals surface area contributed by atoms with Crippen molar-refractivity contribution >= 4 is 12.1 Å². The van der Waals surface area contributed by atoms with Crippen LogP contribution in [0.3, 0.4) is 0 Å². The van der Waals surface area contributed by atoms with Gasteiger partial charge in [0.15, 0.2) is 0 Å². The Bertz CT molecular complexity index is 780. The lowest BCUT2D eigenvalue weighted by Crippen LogP contribution is -2.37. The number of carbonyl (C=O) groups excluding carboxylic acids is 1. The summed E-state index contributed by atoms with van der Waals surface area (Å²) in [5, 5.41) is 8.43. The summed E-state index contributed by atoms with van der Waals surface area (Å²) in [5.41, 5.74) is 9.12. The molecule has 1 aliphatic carbocycles. The molecule has 0 aromatic heterocycles. The first-order chi connectivity index (χ1) is 13.1. The second-order valence-corrected chi connectivity index (χ2v) is 7.93. The summed E-state index contributed by atoms with van der Waals surface area (Å²) in [7, 11) is 0. The standard InChI is InChI=1S/C21H28N4O2/c1-2-25(13-15-3-8-20-17(11-15)9-10-27-20)14-19(12-23-25)24-18-6-4-16(5-7-18)21(22)26/h3,8,11-12,14,16,18,24H,2,4-7,9-10,13H2,1H3,(H-,22,26)/p+1. The molecule has 1 unspecified atom stereocenters. The van der Waals surface area contributed by atoms with Crippen LogP contribution in [-0.4, -0.2) is 35.9 Å². The van der Waals surface area contributed by atoms with Gasteiger partial charge in [0, 0.05) is 23.9 Å². The molecule has 6 nitrogen and oxygen atoms in total. The number of amides is 1. The van der Waals surface area contributed by atoms with E-state index in [1.807, 2.05) is 6.21 Å². The maximum atomic E-state index is 11.3. The third-order valence-corrected chi connectivity index (χ3v) is 6.06. The number of nitrogens with one attached hydrogen (secondary N) is 1. The SMILES string of the molecule is CC[N+]1(Cc2ccc3c(c2)CCO3)C=C(NC2CCC(C(N)=O)CC2)C=N1. The minimum Gasteiger partial charge on any atom is -0.493 e. The molecule has 6 heteroatoms. The van der Waals surface area contributed by atoms with E-state index in [1.165, 1.54) is 11.1 Å². The molecule has 2 aliphatic heterocycles. The average Bonchev–Trinajstić information content (AvgIpc) is 3.29. The number of quaternary nitrogens is 1. The summed E-state index contributed by atoms with van der Waals surface area (Å²) in [6.07, 6.45) is 8.90. The summed E-state index contributed by atoms with van der Waals surface area (Å²) >= 11 is 0. The fourth-order valence-electron chi connectivity index (χ4n) is 4.36. The van der Waals surface area contributed by atoms with Gasteiger partial charge in [0.25, 0.3) is 0 Å².